The molecule has 0 saturated carbocycles. The van der Waals surface area contributed by atoms with Gasteiger partial charge in [0.15, 0.2) is 0 Å². The zero-order valence-corrected chi connectivity index (χ0v) is 9.86. The highest BCUT2D eigenvalue weighted by molar-refractivity contribution is 5.86. The molecule has 0 aromatic heterocycles. The van der Waals surface area contributed by atoms with Gasteiger partial charge in [-0.1, -0.05) is 42.8 Å². The number of rotatable bonds is 5. The fraction of sp³-hybridized carbons (Fsp3) is 0.357. The lowest BCUT2D eigenvalue weighted by Crippen LogP contribution is -2.02. The number of hydrogen-bond acceptors (Lipinski definition) is 1. The molecule has 2 nitrogen and oxygen atoms in total. The van der Waals surface area contributed by atoms with Crippen LogP contribution in [0, 0.1) is 0 Å². The maximum atomic E-state index is 10.9. The SMILES string of the molecule is CCC(CCc1ccccc1)=C(C)C(=O)O. The van der Waals surface area contributed by atoms with Gasteiger partial charge in [0.1, 0.15) is 0 Å². The fourth-order valence-electron chi connectivity index (χ4n) is 1.72. The normalized spacial score (nSPS) is 12.1. The van der Waals surface area contributed by atoms with Gasteiger partial charge in [-0.05, 0) is 31.7 Å². The van der Waals surface area contributed by atoms with E-state index in [2.05, 4.69) is 12.1 Å². The second kappa shape index (κ2) is 6.11. The summed E-state index contributed by atoms with van der Waals surface area (Å²) in [6, 6.07) is 10.2. The summed E-state index contributed by atoms with van der Waals surface area (Å²) in [6.45, 7) is 3.69. The van der Waals surface area contributed by atoms with Gasteiger partial charge in [-0.25, -0.2) is 4.79 Å². The highest BCUT2D eigenvalue weighted by atomic mass is 16.4. The number of hydrogen-bond donors (Lipinski definition) is 1. The van der Waals surface area contributed by atoms with Crippen LogP contribution in [0.2, 0.25) is 0 Å². The van der Waals surface area contributed by atoms with Crippen LogP contribution in [-0.2, 0) is 11.2 Å². The summed E-state index contributed by atoms with van der Waals surface area (Å²) < 4.78 is 0. The van der Waals surface area contributed by atoms with Gasteiger partial charge in [0.2, 0.25) is 0 Å². The first kappa shape index (κ1) is 12.5. The van der Waals surface area contributed by atoms with Crippen molar-refractivity contribution in [1.29, 1.82) is 0 Å². The van der Waals surface area contributed by atoms with Crippen LogP contribution < -0.4 is 0 Å². The molecule has 0 aliphatic heterocycles. The Kier molecular flexibility index (Phi) is 4.77. The monoisotopic (exact) mass is 218 g/mol. The predicted molar refractivity (Wildman–Crippen MR) is 65.4 cm³/mol. The van der Waals surface area contributed by atoms with E-state index in [1.54, 1.807) is 6.92 Å². The first-order valence-electron chi connectivity index (χ1n) is 5.61. The molecule has 16 heavy (non-hydrogen) atoms. The smallest absolute Gasteiger partial charge is 0.331 e. The summed E-state index contributed by atoms with van der Waals surface area (Å²) in [4.78, 5) is 10.9. The lowest BCUT2D eigenvalue weighted by atomic mass is 9.99. The highest BCUT2D eigenvalue weighted by Crippen LogP contribution is 2.16. The van der Waals surface area contributed by atoms with Crippen molar-refractivity contribution in [3.05, 3.63) is 47.0 Å². The fourth-order valence-corrected chi connectivity index (χ4v) is 1.72. The molecule has 86 valence electrons. The molecular formula is C14H18O2. The van der Waals surface area contributed by atoms with Crippen molar-refractivity contribution < 1.29 is 9.90 Å². The van der Waals surface area contributed by atoms with E-state index < -0.39 is 5.97 Å². The number of carboxylic acids is 1. The molecule has 0 spiro atoms. The lowest BCUT2D eigenvalue weighted by molar-refractivity contribution is -0.132. The van der Waals surface area contributed by atoms with E-state index in [1.807, 2.05) is 25.1 Å². The van der Waals surface area contributed by atoms with Crippen LogP contribution in [0.4, 0.5) is 0 Å². The van der Waals surface area contributed by atoms with E-state index in [4.69, 9.17) is 5.11 Å². The Hall–Kier alpha value is -1.57. The molecule has 2 heteroatoms. The Bertz CT molecular complexity index is 377. The van der Waals surface area contributed by atoms with Crippen LogP contribution in [0.5, 0.6) is 0 Å². The van der Waals surface area contributed by atoms with Gasteiger partial charge in [0.25, 0.3) is 0 Å². The third kappa shape index (κ3) is 3.54. The molecule has 0 amide bonds. The molecule has 0 atom stereocenters. The van der Waals surface area contributed by atoms with Crippen LogP contribution in [0.1, 0.15) is 32.3 Å². The molecule has 1 rings (SSSR count). The molecule has 0 saturated heterocycles. The molecule has 0 unspecified atom stereocenters. The van der Waals surface area contributed by atoms with Crippen LogP contribution in [-0.4, -0.2) is 11.1 Å². The van der Waals surface area contributed by atoms with E-state index in [-0.39, 0.29) is 0 Å². The second-order valence-electron chi connectivity index (χ2n) is 3.87. The summed E-state index contributed by atoms with van der Waals surface area (Å²) in [6.07, 6.45) is 2.55. The third-order valence-corrected chi connectivity index (χ3v) is 2.84. The van der Waals surface area contributed by atoms with Gasteiger partial charge in [-0.2, -0.15) is 0 Å². The first-order valence-corrected chi connectivity index (χ1v) is 5.61. The van der Waals surface area contributed by atoms with Gasteiger partial charge >= 0.3 is 5.97 Å². The van der Waals surface area contributed by atoms with Crippen LogP contribution >= 0.6 is 0 Å². The Balaban J connectivity index is 2.66. The quantitative estimate of drug-likeness (QED) is 0.769. The van der Waals surface area contributed by atoms with Crippen LogP contribution in [0.25, 0.3) is 0 Å². The average Bonchev–Trinajstić information content (AvgIpc) is 2.30. The molecule has 0 aliphatic rings. The first-order chi connectivity index (χ1) is 7.65. The molecule has 0 aliphatic carbocycles. The summed E-state index contributed by atoms with van der Waals surface area (Å²) >= 11 is 0. The van der Waals surface area contributed by atoms with E-state index in [9.17, 15) is 4.79 Å². The van der Waals surface area contributed by atoms with Gasteiger partial charge in [-0.15, -0.1) is 0 Å². The highest BCUT2D eigenvalue weighted by Gasteiger charge is 2.07. The Morgan fingerprint density at radius 2 is 1.88 bits per heavy atom. The van der Waals surface area contributed by atoms with Crippen LogP contribution in [0.3, 0.4) is 0 Å². The van der Waals surface area contributed by atoms with Crippen molar-refractivity contribution in [2.24, 2.45) is 0 Å². The molecule has 1 aromatic carbocycles. The summed E-state index contributed by atoms with van der Waals surface area (Å²) in [5.74, 6) is -0.801. The van der Waals surface area contributed by atoms with Crippen molar-refractivity contribution in [1.82, 2.24) is 0 Å². The van der Waals surface area contributed by atoms with Crippen molar-refractivity contribution >= 4 is 5.97 Å². The van der Waals surface area contributed by atoms with E-state index in [0.717, 1.165) is 24.8 Å². The number of carboxylic acid groups (broad SMARTS) is 1. The van der Waals surface area contributed by atoms with Crippen molar-refractivity contribution in [3.8, 4) is 0 Å². The predicted octanol–water partition coefficient (Wildman–Crippen LogP) is 3.43. The third-order valence-electron chi connectivity index (χ3n) is 2.84. The molecule has 0 fully saturated rings. The van der Waals surface area contributed by atoms with Gasteiger partial charge in [-0.3, -0.25) is 0 Å². The minimum Gasteiger partial charge on any atom is -0.478 e. The number of benzene rings is 1. The number of allylic oxidation sites excluding steroid dienone is 1. The minimum atomic E-state index is -0.801. The zero-order chi connectivity index (χ0) is 12.0. The molecule has 0 radical (unpaired) electrons. The van der Waals surface area contributed by atoms with E-state index in [1.165, 1.54) is 5.56 Å². The second-order valence-corrected chi connectivity index (χ2v) is 3.87. The summed E-state index contributed by atoms with van der Waals surface area (Å²) in [5.41, 5.74) is 2.79. The maximum absolute atomic E-state index is 10.9. The molecule has 0 heterocycles. The lowest BCUT2D eigenvalue weighted by Gasteiger charge is -2.07. The van der Waals surface area contributed by atoms with Gasteiger partial charge < -0.3 is 5.11 Å². The minimum absolute atomic E-state index is 0.499. The Labute approximate surface area is 96.6 Å². The van der Waals surface area contributed by atoms with Crippen molar-refractivity contribution in [3.63, 3.8) is 0 Å². The molecular weight excluding hydrogens is 200 g/mol. The zero-order valence-electron chi connectivity index (χ0n) is 9.86. The van der Waals surface area contributed by atoms with E-state index >= 15 is 0 Å². The maximum Gasteiger partial charge on any atom is 0.331 e. The standard InChI is InChI=1S/C14H18O2/c1-3-13(11(2)14(15)16)10-9-12-7-5-4-6-8-12/h4-8H,3,9-10H2,1-2H3,(H,15,16). The summed E-state index contributed by atoms with van der Waals surface area (Å²) in [7, 11) is 0. The van der Waals surface area contributed by atoms with Crippen molar-refractivity contribution in [2.75, 3.05) is 0 Å². The number of carbonyl (C=O) groups is 1. The number of aryl methyl sites for hydroxylation is 1. The van der Waals surface area contributed by atoms with Crippen LogP contribution in [0.15, 0.2) is 41.5 Å². The Morgan fingerprint density at radius 3 is 2.38 bits per heavy atom. The number of aliphatic carboxylic acids is 1. The molecule has 1 N–H and O–H groups in total. The van der Waals surface area contributed by atoms with E-state index in [0.29, 0.717) is 5.57 Å². The molecule has 1 aromatic rings. The van der Waals surface area contributed by atoms with Crippen molar-refractivity contribution in [2.45, 2.75) is 33.1 Å². The topological polar surface area (TPSA) is 37.3 Å². The largest absolute Gasteiger partial charge is 0.478 e. The Morgan fingerprint density at radius 1 is 1.25 bits per heavy atom. The van der Waals surface area contributed by atoms with Gasteiger partial charge in [0.05, 0.1) is 0 Å². The molecule has 0 bridgehead atoms. The van der Waals surface area contributed by atoms with Gasteiger partial charge in [0, 0.05) is 5.57 Å². The average molecular weight is 218 g/mol. The summed E-state index contributed by atoms with van der Waals surface area (Å²) in [5, 5.41) is 8.92.